The first kappa shape index (κ1) is 16.7. The summed E-state index contributed by atoms with van der Waals surface area (Å²) in [7, 11) is 1.64. The van der Waals surface area contributed by atoms with Crippen molar-refractivity contribution in [2.45, 2.75) is 16.7 Å². The third kappa shape index (κ3) is 3.20. The maximum absolute atomic E-state index is 12.8. The maximum atomic E-state index is 12.8. The molecule has 2 aromatic rings. The molecule has 0 radical (unpaired) electrons. The first-order chi connectivity index (χ1) is 12.3. The monoisotopic (exact) mass is 373 g/mol. The van der Waals surface area contributed by atoms with Gasteiger partial charge in [0.1, 0.15) is 17.5 Å². The Bertz CT molecular complexity index is 732. The molecule has 0 bridgehead atoms. The molecule has 2 fully saturated rings. The van der Waals surface area contributed by atoms with Crippen molar-refractivity contribution >= 4 is 35.1 Å². The van der Waals surface area contributed by atoms with E-state index in [1.165, 1.54) is 0 Å². The van der Waals surface area contributed by atoms with E-state index < -0.39 is 6.10 Å². The number of para-hydroxylation sites is 1. The highest BCUT2D eigenvalue weighted by Gasteiger charge is 2.54. The Hall–Kier alpha value is -1.79. The number of hydrogen-bond acceptors (Lipinski definition) is 5. The standard InChI is InChI=1S/C19H19NO3S2/c1-22-14-9-7-13(8-10-14)20-16(19-24-11-12-25-19)17(18(20)21)23-15-5-3-2-4-6-15/h2-10,16-17,19H,11-12H2,1H3/t16-,17-/m0/s1. The highest BCUT2D eigenvalue weighted by molar-refractivity contribution is 8.20. The molecule has 0 spiro atoms. The van der Waals surface area contributed by atoms with Crippen molar-refractivity contribution in [3.8, 4) is 11.5 Å². The number of β-lactam (4-membered cyclic amide) rings is 1. The second-order valence-corrected chi connectivity index (χ2v) is 8.66. The quantitative estimate of drug-likeness (QED) is 0.748. The minimum absolute atomic E-state index is 0.0205. The van der Waals surface area contributed by atoms with Crippen molar-refractivity contribution in [3.63, 3.8) is 0 Å². The molecule has 0 N–H and O–H groups in total. The van der Waals surface area contributed by atoms with E-state index >= 15 is 0 Å². The lowest BCUT2D eigenvalue weighted by molar-refractivity contribution is -0.134. The van der Waals surface area contributed by atoms with E-state index in [1.807, 2.05) is 83.0 Å². The number of carbonyl (C=O) groups excluding carboxylic acids is 1. The minimum atomic E-state index is -0.424. The zero-order valence-corrected chi connectivity index (χ0v) is 15.5. The van der Waals surface area contributed by atoms with Crippen LogP contribution in [0.15, 0.2) is 54.6 Å². The molecule has 4 nitrogen and oxygen atoms in total. The second kappa shape index (κ2) is 7.22. The number of thioether (sulfide) groups is 2. The summed E-state index contributed by atoms with van der Waals surface area (Å²) >= 11 is 3.83. The Morgan fingerprint density at radius 1 is 0.960 bits per heavy atom. The van der Waals surface area contributed by atoms with Crippen LogP contribution in [0.2, 0.25) is 0 Å². The minimum Gasteiger partial charge on any atom is -0.497 e. The number of rotatable bonds is 5. The molecule has 6 heteroatoms. The highest BCUT2D eigenvalue weighted by Crippen LogP contribution is 2.44. The van der Waals surface area contributed by atoms with Crippen LogP contribution in [-0.2, 0) is 4.79 Å². The van der Waals surface area contributed by atoms with Crippen LogP contribution in [0.4, 0.5) is 5.69 Å². The Labute approximate surface area is 155 Å². The average molecular weight is 373 g/mol. The zero-order chi connectivity index (χ0) is 17.2. The van der Waals surface area contributed by atoms with Crippen LogP contribution in [0, 0.1) is 0 Å². The lowest BCUT2D eigenvalue weighted by Crippen LogP contribution is -2.70. The van der Waals surface area contributed by atoms with Crippen LogP contribution in [-0.4, -0.2) is 41.3 Å². The maximum Gasteiger partial charge on any atom is 0.270 e. The molecule has 0 saturated carbocycles. The van der Waals surface area contributed by atoms with Gasteiger partial charge in [-0.1, -0.05) is 18.2 Å². The van der Waals surface area contributed by atoms with Gasteiger partial charge < -0.3 is 9.47 Å². The number of benzene rings is 2. The van der Waals surface area contributed by atoms with Gasteiger partial charge in [-0.05, 0) is 36.4 Å². The Morgan fingerprint density at radius 2 is 1.64 bits per heavy atom. The van der Waals surface area contributed by atoms with E-state index in [0.29, 0.717) is 4.58 Å². The highest BCUT2D eigenvalue weighted by atomic mass is 32.2. The van der Waals surface area contributed by atoms with Crippen molar-refractivity contribution in [1.82, 2.24) is 0 Å². The van der Waals surface area contributed by atoms with Crippen LogP contribution < -0.4 is 14.4 Å². The summed E-state index contributed by atoms with van der Waals surface area (Å²) in [6.45, 7) is 0. The van der Waals surface area contributed by atoms with Gasteiger partial charge in [0.05, 0.1) is 11.7 Å². The van der Waals surface area contributed by atoms with E-state index in [-0.39, 0.29) is 11.9 Å². The number of hydrogen-bond donors (Lipinski definition) is 0. The topological polar surface area (TPSA) is 38.8 Å². The van der Waals surface area contributed by atoms with Crippen molar-refractivity contribution in [3.05, 3.63) is 54.6 Å². The molecule has 0 unspecified atom stereocenters. The molecule has 130 valence electrons. The predicted molar refractivity (Wildman–Crippen MR) is 104 cm³/mol. The van der Waals surface area contributed by atoms with Gasteiger partial charge in [0.2, 0.25) is 0 Å². The molecule has 1 amide bonds. The number of nitrogens with zero attached hydrogens (tertiary/aromatic N) is 1. The average Bonchev–Trinajstić information content (AvgIpc) is 3.19. The van der Waals surface area contributed by atoms with Crippen molar-refractivity contribution in [1.29, 1.82) is 0 Å². The fraction of sp³-hybridized carbons (Fsp3) is 0.316. The smallest absolute Gasteiger partial charge is 0.270 e. The Balaban J connectivity index is 1.59. The summed E-state index contributed by atoms with van der Waals surface area (Å²) in [5, 5.41) is 0. The largest absolute Gasteiger partial charge is 0.497 e. The first-order valence-electron chi connectivity index (χ1n) is 8.20. The van der Waals surface area contributed by atoms with Crippen molar-refractivity contribution in [2.24, 2.45) is 0 Å². The third-order valence-corrected chi connectivity index (χ3v) is 7.54. The lowest BCUT2D eigenvalue weighted by Gasteiger charge is -2.48. The summed E-state index contributed by atoms with van der Waals surface area (Å²) in [4.78, 5) is 14.7. The Morgan fingerprint density at radius 3 is 2.28 bits per heavy atom. The first-order valence-corrected chi connectivity index (χ1v) is 10.3. The second-order valence-electron chi connectivity index (χ2n) is 5.86. The van der Waals surface area contributed by atoms with Crippen molar-refractivity contribution in [2.75, 3.05) is 23.5 Å². The molecule has 4 rings (SSSR count). The number of ether oxygens (including phenoxy) is 2. The summed E-state index contributed by atoms with van der Waals surface area (Å²) < 4.78 is 11.6. The number of carbonyl (C=O) groups is 1. The van der Waals surface area contributed by atoms with Crippen LogP contribution in [0.3, 0.4) is 0 Å². The molecule has 25 heavy (non-hydrogen) atoms. The van der Waals surface area contributed by atoms with Gasteiger partial charge in [-0.3, -0.25) is 9.69 Å². The number of methoxy groups -OCH3 is 1. The van der Waals surface area contributed by atoms with Crippen LogP contribution >= 0.6 is 23.5 Å². The van der Waals surface area contributed by atoms with Gasteiger partial charge in [-0.2, -0.15) is 0 Å². The summed E-state index contributed by atoms with van der Waals surface area (Å²) in [6.07, 6.45) is -0.424. The van der Waals surface area contributed by atoms with E-state index in [2.05, 4.69) is 0 Å². The molecule has 0 aromatic heterocycles. The zero-order valence-electron chi connectivity index (χ0n) is 13.8. The van der Waals surface area contributed by atoms with Gasteiger partial charge in [-0.15, -0.1) is 23.5 Å². The third-order valence-electron chi connectivity index (χ3n) is 4.37. The fourth-order valence-corrected chi connectivity index (χ4v) is 6.25. The predicted octanol–water partition coefficient (Wildman–Crippen LogP) is 3.66. The van der Waals surface area contributed by atoms with Gasteiger partial charge in [0, 0.05) is 17.2 Å². The van der Waals surface area contributed by atoms with Crippen LogP contribution in [0.1, 0.15) is 0 Å². The summed E-state index contributed by atoms with van der Waals surface area (Å²) in [5.41, 5.74) is 0.900. The van der Waals surface area contributed by atoms with Crippen LogP contribution in [0.5, 0.6) is 11.5 Å². The number of amides is 1. The Kier molecular flexibility index (Phi) is 4.81. The van der Waals surface area contributed by atoms with E-state index in [0.717, 1.165) is 28.7 Å². The number of anilines is 1. The molecule has 2 atom stereocenters. The SMILES string of the molecule is COc1ccc(N2C(=O)[C@@H](Oc3ccccc3)[C@H]2C2SCCS2)cc1. The van der Waals surface area contributed by atoms with Gasteiger partial charge in [-0.25, -0.2) is 0 Å². The van der Waals surface area contributed by atoms with Crippen LogP contribution in [0.25, 0.3) is 0 Å². The normalized spacial score (nSPS) is 23.4. The molecule has 2 aromatic carbocycles. The summed E-state index contributed by atoms with van der Waals surface area (Å²) in [6, 6.07) is 17.3. The van der Waals surface area contributed by atoms with E-state index in [4.69, 9.17) is 9.47 Å². The molecule has 2 heterocycles. The van der Waals surface area contributed by atoms with E-state index in [9.17, 15) is 4.79 Å². The van der Waals surface area contributed by atoms with E-state index in [1.54, 1.807) is 7.11 Å². The molecular formula is C19H19NO3S2. The molecule has 0 aliphatic carbocycles. The van der Waals surface area contributed by atoms with Gasteiger partial charge in [0.15, 0.2) is 6.10 Å². The molecular weight excluding hydrogens is 354 g/mol. The van der Waals surface area contributed by atoms with Gasteiger partial charge >= 0.3 is 0 Å². The summed E-state index contributed by atoms with van der Waals surface area (Å²) in [5.74, 6) is 3.79. The van der Waals surface area contributed by atoms with Gasteiger partial charge in [0.25, 0.3) is 5.91 Å². The molecule has 2 aliphatic rings. The van der Waals surface area contributed by atoms with Crippen molar-refractivity contribution < 1.29 is 14.3 Å². The molecule has 2 aliphatic heterocycles. The lowest BCUT2D eigenvalue weighted by atomic mass is 9.97. The molecule has 2 saturated heterocycles. The fourth-order valence-electron chi connectivity index (χ4n) is 3.13.